The number of nitrogens with zero attached hydrogens (tertiary/aromatic N) is 1. The van der Waals surface area contributed by atoms with Crippen molar-refractivity contribution in [3.63, 3.8) is 0 Å². The predicted octanol–water partition coefficient (Wildman–Crippen LogP) is 4.27. The zero-order chi connectivity index (χ0) is 15.4. The predicted molar refractivity (Wildman–Crippen MR) is 79.9 cm³/mol. The number of carbonyl (C=O) groups is 1. The Morgan fingerprint density at radius 1 is 1.38 bits per heavy atom. The van der Waals surface area contributed by atoms with Crippen LogP contribution in [0.15, 0.2) is 30.3 Å². The van der Waals surface area contributed by atoms with Gasteiger partial charge in [0.05, 0.1) is 10.6 Å². The van der Waals surface area contributed by atoms with Gasteiger partial charge in [-0.2, -0.15) is 0 Å². The molecule has 1 aromatic heterocycles. The van der Waals surface area contributed by atoms with Crippen LogP contribution >= 0.6 is 11.6 Å². The Morgan fingerprint density at radius 2 is 2.14 bits per heavy atom. The standard InChI is InChI=1S/C15H14ClFN2O2/c1-2-3-10-6-9(15(20)21)7-14(18-10)19-11-4-5-12(16)13(17)8-11/h4-8H,2-3H2,1H3,(H,18,19)(H,20,21). The summed E-state index contributed by atoms with van der Waals surface area (Å²) < 4.78 is 13.4. The highest BCUT2D eigenvalue weighted by Gasteiger charge is 2.09. The molecule has 0 saturated carbocycles. The van der Waals surface area contributed by atoms with Crippen molar-refractivity contribution in [2.24, 2.45) is 0 Å². The Balaban J connectivity index is 2.33. The number of rotatable bonds is 5. The van der Waals surface area contributed by atoms with Gasteiger partial charge in [-0.25, -0.2) is 14.2 Å². The second-order valence-electron chi connectivity index (χ2n) is 4.54. The minimum absolute atomic E-state index is 0.0273. The van der Waals surface area contributed by atoms with Crippen molar-refractivity contribution < 1.29 is 14.3 Å². The smallest absolute Gasteiger partial charge is 0.335 e. The summed E-state index contributed by atoms with van der Waals surface area (Å²) >= 11 is 5.62. The Bertz CT molecular complexity index is 677. The molecule has 1 aromatic carbocycles. The van der Waals surface area contributed by atoms with Gasteiger partial charge < -0.3 is 10.4 Å². The Hall–Kier alpha value is -2.14. The van der Waals surface area contributed by atoms with E-state index in [0.717, 1.165) is 6.42 Å². The molecule has 0 amide bonds. The van der Waals surface area contributed by atoms with Crippen molar-refractivity contribution in [3.05, 3.63) is 52.4 Å². The van der Waals surface area contributed by atoms with Gasteiger partial charge in [0.15, 0.2) is 0 Å². The van der Waals surface area contributed by atoms with Crippen molar-refractivity contribution in [2.45, 2.75) is 19.8 Å². The highest BCUT2D eigenvalue weighted by Crippen LogP contribution is 2.22. The van der Waals surface area contributed by atoms with E-state index in [0.29, 0.717) is 23.6 Å². The van der Waals surface area contributed by atoms with Gasteiger partial charge in [0.25, 0.3) is 0 Å². The van der Waals surface area contributed by atoms with E-state index in [1.165, 1.54) is 18.2 Å². The number of pyridine rings is 1. The zero-order valence-electron chi connectivity index (χ0n) is 11.4. The van der Waals surface area contributed by atoms with E-state index in [-0.39, 0.29) is 10.6 Å². The van der Waals surface area contributed by atoms with Gasteiger partial charge in [-0.1, -0.05) is 24.9 Å². The molecule has 2 N–H and O–H groups in total. The van der Waals surface area contributed by atoms with Crippen molar-refractivity contribution in [1.82, 2.24) is 4.98 Å². The molecule has 0 saturated heterocycles. The zero-order valence-corrected chi connectivity index (χ0v) is 12.1. The van der Waals surface area contributed by atoms with Crippen molar-refractivity contribution in [3.8, 4) is 0 Å². The van der Waals surface area contributed by atoms with Crippen molar-refractivity contribution in [2.75, 3.05) is 5.32 Å². The maximum atomic E-state index is 13.4. The fourth-order valence-electron chi connectivity index (χ4n) is 1.88. The molecule has 0 unspecified atom stereocenters. The molecule has 4 nitrogen and oxygen atoms in total. The van der Waals surface area contributed by atoms with Crippen LogP contribution in [0.25, 0.3) is 0 Å². The fourth-order valence-corrected chi connectivity index (χ4v) is 2.00. The molecule has 0 bridgehead atoms. The lowest BCUT2D eigenvalue weighted by molar-refractivity contribution is 0.0696. The number of aryl methyl sites for hydroxylation is 1. The van der Waals surface area contributed by atoms with E-state index >= 15 is 0 Å². The highest BCUT2D eigenvalue weighted by atomic mass is 35.5. The third-order valence-electron chi connectivity index (χ3n) is 2.82. The summed E-state index contributed by atoms with van der Waals surface area (Å²) in [5.41, 5.74) is 1.27. The van der Waals surface area contributed by atoms with E-state index in [1.807, 2.05) is 6.92 Å². The number of carboxylic acid groups (broad SMARTS) is 1. The molecule has 0 radical (unpaired) electrons. The third-order valence-corrected chi connectivity index (χ3v) is 3.13. The van der Waals surface area contributed by atoms with Crippen LogP contribution in [0.3, 0.4) is 0 Å². The lowest BCUT2D eigenvalue weighted by atomic mass is 10.1. The average molecular weight is 309 g/mol. The molecule has 21 heavy (non-hydrogen) atoms. The van der Waals surface area contributed by atoms with E-state index in [4.69, 9.17) is 16.7 Å². The summed E-state index contributed by atoms with van der Waals surface area (Å²) in [5.74, 6) is -1.22. The van der Waals surface area contributed by atoms with Gasteiger partial charge in [0.1, 0.15) is 11.6 Å². The largest absolute Gasteiger partial charge is 0.478 e. The summed E-state index contributed by atoms with van der Waals surface area (Å²) in [6, 6.07) is 7.21. The van der Waals surface area contributed by atoms with Crippen LogP contribution in [0.4, 0.5) is 15.9 Å². The average Bonchev–Trinajstić information content (AvgIpc) is 2.43. The number of nitrogens with one attached hydrogen (secondary N) is 1. The first-order valence-electron chi connectivity index (χ1n) is 6.46. The third kappa shape index (κ3) is 3.92. The number of aromatic carboxylic acids is 1. The molecular weight excluding hydrogens is 295 g/mol. The summed E-state index contributed by atoms with van der Waals surface area (Å²) in [6.45, 7) is 1.98. The van der Waals surface area contributed by atoms with Gasteiger partial charge in [0, 0.05) is 11.4 Å². The molecule has 110 valence electrons. The molecule has 0 spiro atoms. The van der Waals surface area contributed by atoms with Crippen LogP contribution in [-0.4, -0.2) is 16.1 Å². The maximum absolute atomic E-state index is 13.4. The molecule has 0 fully saturated rings. The molecular formula is C15H14ClFN2O2. The van der Waals surface area contributed by atoms with Crippen LogP contribution in [-0.2, 0) is 6.42 Å². The van der Waals surface area contributed by atoms with E-state index in [9.17, 15) is 9.18 Å². The number of halogens is 2. The van der Waals surface area contributed by atoms with Gasteiger partial charge >= 0.3 is 5.97 Å². The summed E-state index contributed by atoms with van der Waals surface area (Å²) in [5, 5.41) is 12.0. The van der Waals surface area contributed by atoms with Crippen molar-refractivity contribution in [1.29, 1.82) is 0 Å². The van der Waals surface area contributed by atoms with Gasteiger partial charge in [-0.3, -0.25) is 0 Å². The SMILES string of the molecule is CCCc1cc(C(=O)O)cc(Nc2ccc(Cl)c(F)c2)n1. The van der Waals surface area contributed by atoms with Crippen molar-refractivity contribution >= 4 is 29.1 Å². The Labute approximate surface area is 126 Å². The summed E-state index contributed by atoms with van der Waals surface area (Å²) in [7, 11) is 0. The van der Waals surface area contributed by atoms with Gasteiger partial charge in [-0.15, -0.1) is 0 Å². The first-order chi connectivity index (χ1) is 9.99. The summed E-state index contributed by atoms with van der Waals surface area (Å²) in [6.07, 6.45) is 1.52. The highest BCUT2D eigenvalue weighted by molar-refractivity contribution is 6.30. The molecule has 0 atom stereocenters. The second-order valence-corrected chi connectivity index (χ2v) is 4.95. The van der Waals surface area contributed by atoms with Crippen LogP contribution in [0, 0.1) is 5.82 Å². The number of anilines is 2. The molecule has 2 aromatic rings. The van der Waals surface area contributed by atoms with E-state index in [1.54, 1.807) is 12.1 Å². The number of hydrogen-bond donors (Lipinski definition) is 2. The first kappa shape index (κ1) is 15.3. The Kier molecular flexibility index (Phi) is 4.75. The lowest BCUT2D eigenvalue weighted by Gasteiger charge is -2.09. The van der Waals surface area contributed by atoms with Crippen LogP contribution in [0.1, 0.15) is 29.4 Å². The quantitative estimate of drug-likeness (QED) is 0.866. The normalized spacial score (nSPS) is 10.4. The number of hydrogen-bond acceptors (Lipinski definition) is 3. The topological polar surface area (TPSA) is 62.2 Å². The fraction of sp³-hybridized carbons (Fsp3) is 0.200. The van der Waals surface area contributed by atoms with E-state index in [2.05, 4.69) is 10.3 Å². The minimum Gasteiger partial charge on any atom is -0.478 e. The number of carboxylic acids is 1. The first-order valence-corrected chi connectivity index (χ1v) is 6.83. The van der Waals surface area contributed by atoms with E-state index < -0.39 is 11.8 Å². The molecule has 0 aliphatic rings. The van der Waals surface area contributed by atoms with Gasteiger partial charge in [-0.05, 0) is 36.8 Å². The summed E-state index contributed by atoms with van der Waals surface area (Å²) in [4.78, 5) is 15.5. The number of benzene rings is 1. The Morgan fingerprint density at radius 3 is 2.76 bits per heavy atom. The maximum Gasteiger partial charge on any atom is 0.335 e. The molecule has 0 aliphatic carbocycles. The van der Waals surface area contributed by atoms with Crippen LogP contribution < -0.4 is 5.32 Å². The van der Waals surface area contributed by atoms with Gasteiger partial charge in [0.2, 0.25) is 0 Å². The molecule has 2 rings (SSSR count). The minimum atomic E-state index is -1.03. The molecule has 0 aliphatic heterocycles. The second kappa shape index (κ2) is 6.54. The number of aromatic nitrogens is 1. The molecule has 6 heteroatoms. The molecule has 1 heterocycles. The monoisotopic (exact) mass is 308 g/mol. The lowest BCUT2D eigenvalue weighted by Crippen LogP contribution is -2.04. The van der Waals surface area contributed by atoms with Crippen LogP contribution in [0.5, 0.6) is 0 Å². The van der Waals surface area contributed by atoms with Crippen LogP contribution in [0.2, 0.25) is 5.02 Å².